The lowest BCUT2D eigenvalue weighted by Gasteiger charge is -2.19. The molecule has 0 saturated heterocycles. The molecule has 0 spiro atoms. The molecule has 0 aliphatic heterocycles. The number of nitrogens with two attached hydrogens (primary N) is 1. The summed E-state index contributed by atoms with van der Waals surface area (Å²) < 4.78 is 0. The molecule has 0 aliphatic carbocycles. The van der Waals surface area contributed by atoms with Crippen LogP contribution in [0.25, 0.3) is 0 Å². The first-order valence-electron chi connectivity index (χ1n) is 5.95. The smallest absolute Gasteiger partial charge is 0.273 e. The van der Waals surface area contributed by atoms with Crippen molar-refractivity contribution in [1.29, 1.82) is 0 Å². The highest BCUT2D eigenvalue weighted by Gasteiger charge is 2.16. The molecule has 0 atom stereocenters. The average molecular weight is 245 g/mol. The Balaban J connectivity index is 2.98. The van der Waals surface area contributed by atoms with Gasteiger partial charge in [-0.05, 0) is 18.1 Å². The molecule has 1 rings (SSSR count). The van der Waals surface area contributed by atoms with E-state index >= 15 is 0 Å². The maximum atomic E-state index is 12.2. The summed E-state index contributed by atoms with van der Waals surface area (Å²) in [5.41, 5.74) is 6.36. The minimum Gasteiger partial charge on any atom is -0.340 e. The van der Waals surface area contributed by atoms with Crippen molar-refractivity contribution >= 4 is 5.91 Å². The normalized spacial score (nSPS) is 9.83. The number of nitrogens with zero attached hydrogens (tertiary/aromatic N) is 2. The number of hydrogen-bond donors (Lipinski definition) is 1. The second-order valence-corrected chi connectivity index (χ2v) is 4.48. The highest BCUT2D eigenvalue weighted by atomic mass is 16.2. The van der Waals surface area contributed by atoms with E-state index in [1.54, 1.807) is 30.3 Å². The van der Waals surface area contributed by atoms with Gasteiger partial charge < -0.3 is 10.6 Å². The van der Waals surface area contributed by atoms with Gasteiger partial charge in [-0.15, -0.1) is 0 Å². The predicted octanol–water partition coefficient (Wildman–Crippen LogP) is 1.12. The van der Waals surface area contributed by atoms with Gasteiger partial charge in [-0.2, -0.15) is 0 Å². The molecule has 1 heterocycles. The minimum absolute atomic E-state index is 0.106. The number of hydrogen-bond acceptors (Lipinski definition) is 3. The number of aromatic nitrogens is 1. The van der Waals surface area contributed by atoms with Crippen LogP contribution < -0.4 is 5.73 Å². The molecule has 2 N–H and O–H groups in total. The topological polar surface area (TPSA) is 59.2 Å². The Morgan fingerprint density at radius 2 is 2.28 bits per heavy atom. The molecule has 0 saturated carbocycles. The van der Waals surface area contributed by atoms with E-state index in [0.717, 1.165) is 0 Å². The maximum absolute atomic E-state index is 12.2. The van der Waals surface area contributed by atoms with Crippen molar-refractivity contribution in [2.75, 3.05) is 20.1 Å². The van der Waals surface area contributed by atoms with Crippen molar-refractivity contribution in [2.24, 2.45) is 11.7 Å². The predicted molar refractivity (Wildman–Crippen MR) is 72.0 cm³/mol. The van der Waals surface area contributed by atoms with E-state index in [1.807, 2.05) is 0 Å². The fraction of sp³-hybridized carbons (Fsp3) is 0.429. The van der Waals surface area contributed by atoms with Gasteiger partial charge in [-0.1, -0.05) is 25.7 Å². The molecule has 4 heteroatoms. The lowest BCUT2D eigenvalue weighted by Crippen LogP contribution is -2.31. The summed E-state index contributed by atoms with van der Waals surface area (Å²) in [5.74, 6) is 5.94. The van der Waals surface area contributed by atoms with Gasteiger partial charge in [0.15, 0.2) is 0 Å². The quantitative estimate of drug-likeness (QED) is 0.812. The average Bonchev–Trinajstić information content (AvgIpc) is 2.35. The van der Waals surface area contributed by atoms with Crippen LogP contribution in [0.15, 0.2) is 18.3 Å². The van der Waals surface area contributed by atoms with Crippen molar-refractivity contribution in [3.05, 3.63) is 29.6 Å². The van der Waals surface area contributed by atoms with Crippen molar-refractivity contribution in [1.82, 2.24) is 9.88 Å². The zero-order valence-electron chi connectivity index (χ0n) is 11.1. The zero-order chi connectivity index (χ0) is 13.5. The minimum atomic E-state index is -0.106. The van der Waals surface area contributed by atoms with Gasteiger partial charge in [-0.3, -0.25) is 4.79 Å². The molecule has 0 radical (unpaired) electrons. The molecule has 0 fully saturated rings. The van der Waals surface area contributed by atoms with Gasteiger partial charge in [0, 0.05) is 19.8 Å². The third-order valence-corrected chi connectivity index (χ3v) is 2.32. The summed E-state index contributed by atoms with van der Waals surface area (Å²) in [6.07, 6.45) is 1.60. The lowest BCUT2D eigenvalue weighted by molar-refractivity contribution is 0.0773. The van der Waals surface area contributed by atoms with Gasteiger partial charge in [0.2, 0.25) is 0 Å². The third kappa shape index (κ3) is 3.86. The van der Waals surface area contributed by atoms with Crippen LogP contribution in [0.4, 0.5) is 0 Å². The Hall–Kier alpha value is -1.86. The monoisotopic (exact) mass is 245 g/mol. The molecule has 0 bridgehead atoms. The molecule has 18 heavy (non-hydrogen) atoms. The number of pyridine rings is 1. The number of amides is 1. The SMILES string of the molecule is CC(C)CN(C)C(=O)c1ncccc1C#CCN. The van der Waals surface area contributed by atoms with Crippen LogP contribution in [0.5, 0.6) is 0 Å². The summed E-state index contributed by atoms with van der Waals surface area (Å²) >= 11 is 0. The van der Waals surface area contributed by atoms with E-state index in [1.165, 1.54) is 0 Å². The van der Waals surface area contributed by atoms with Crippen LogP contribution in [0.2, 0.25) is 0 Å². The first kappa shape index (κ1) is 14.2. The van der Waals surface area contributed by atoms with Crippen LogP contribution in [0.3, 0.4) is 0 Å². The number of rotatable bonds is 3. The number of carbonyl (C=O) groups is 1. The molecule has 0 unspecified atom stereocenters. The highest BCUT2D eigenvalue weighted by Crippen LogP contribution is 2.08. The fourth-order valence-electron chi connectivity index (χ4n) is 1.63. The van der Waals surface area contributed by atoms with E-state index in [4.69, 9.17) is 5.73 Å². The molecular formula is C14H19N3O. The van der Waals surface area contributed by atoms with Crippen molar-refractivity contribution < 1.29 is 4.79 Å². The van der Waals surface area contributed by atoms with Crippen LogP contribution in [0, 0.1) is 17.8 Å². The second kappa shape index (κ2) is 6.77. The van der Waals surface area contributed by atoms with Crippen LogP contribution in [-0.2, 0) is 0 Å². The summed E-state index contributed by atoms with van der Waals surface area (Å²) in [6, 6.07) is 3.55. The van der Waals surface area contributed by atoms with Crippen molar-refractivity contribution in [3.63, 3.8) is 0 Å². The first-order valence-corrected chi connectivity index (χ1v) is 5.95. The molecule has 1 aromatic heterocycles. The van der Waals surface area contributed by atoms with E-state index in [9.17, 15) is 4.79 Å². The molecular weight excluding hydrogens is 226 g/mol. The van der Waals surface area contributed by atoms with Crippen molar-refractivity contribution in [2.45, 2.75) is 13.8 Å². The zero-order valence-corrected chi connectivity index (χ0v) is 11.1. The molecule has 0 aliphatic rings. The van der Waals surface area contributed by atoms with Crippen LogP contribution in [-0.4, -0.2) is 35.9 Å². The van der Waals surface area contributed by atoms with E-state index < -0.39 is 0 Å². The van der Waals surface area contributed by atoms with Crippen LogP contribution >= 0.6 is 0 Å². The van der Waals surface area contributed by atoms with Gasteiger partial charge in [-0.25, -0.2) is 4.98 Å². The molecule has 0 aromatic carbocycles. The Morgan fingerprint density at radius 1 is 1.56 bits per heavy atom. The van der Waals surface area contributed by atoms with Gasteiger partial charge >= 0.3 is 0 Å². The van der Waals surface area contributed by atoms with Gasteiger partial charge in [0.1, 0.15) is 5.69 Å². The highest BCUT2D eigenvalue weighted by molar-refractivity contribution is 5.94. The maximum Gasteiger partial charge on any atom is 0.273 e. The Bertz CT molecular complexity index is 471. The molecule has 96 valence electrons. The largest absolute Gasteiger partial charge is 0.340 e. The molecule has 1 amide bonds. The lowest BCUT2D eigenvalue weighted by atomic mass is 10.1. The molecule has 1 aromatic rings. The standard InChI is InChI=1S/C14H19N3O/c1-11(2)10-17(3)14(18)13-12(6-4-8-15)7-5-9-16-13/h5,7,9,11H,8,10,15H2,1-3H3. The Morgan fingerprint density at radius 3 is 2.89 bits per heavy atom. The fourth-order valence-corrected chi connectivity index (χ4v) is 1.63. The summed E-state index contributed by atoms with van der Waals surface area (Å²) in [4.78, 5) is 18.0. The number of carbonyl (C=O) groups excluding carboxylic acids is 1. The Labute approximate surface area is 108 Å². The summed E-state index contributed by atoms with van der Waals surface area (Å²) in [5, 5.41) is 0. The second-order valence-electron chi connectivity index (χ2n) is 4.48. The summed E-state index contributed by atoms with van der Waals surface area (Å²) in [6.45, 7) is 5.10. The van der Waals surface area contributed by atoms with Crippen molar-refractivity contribution in [3.8, 4) is 11.8 Å². The molecule has 4 nitrogen and oxygen atoms in total. The van der Waals surface area contributed by atoms with E-state index in [-0.39, 0.29) is 12.5 Å². The van der Waals surface area contributed by atoms with E-state index in [2.05, 4.69) is 30.7 Å². The van der Waals surface area contributed by atoms with Gasteiger partial charge in [0.05, 0.1) is 12.1 Å². The van der Waals surface area contributed by atoms with E-state index in [0.29, 0.717) is 23.7 Å². The first-order chi connectivity index (χ1) is 8.56. The van der Waals surface area contributed by atoms with Gasteiger partial charge in [0.25, 0.3) is 5.91 Å². The van der Waals surface area contributed by atoms with Crippen LogP contribution in [0.1, 0.15) is 29.9 Å². The Kier molecular flexibility index (Phi) is 5.34. The third-order valence-electron chi connectivity index (χ3n) is 2.32. The summed E-state index contributed by atoms with van der Waals surface area (Å²) in [7, 11) is 1.77.